The van der Waals surface area contributed by atoms with Gasteiger partial charge < -0.3 is 0 Å². The lowest BCUT2D eigenvalue weighted by Gasteiger charge is -2.39. The van der Waals surface area contributed by atoms with E-state index in [1.807, 2.05) is 13.8 Å². The van der Waals surface area contributed by atoms with Crippen LogP contribution in [0.4, 0.5) is 0 Å². The lowest BCUT2D eigenvalue weighted by Crippen LogP contribution is -2.26. The first-order valence-electron chi connectivity index (χ1n) is 8.39. The van der Waals surface area contributed by atoms with Crippen molar-refractivity contribution in [2.75, 3.05) is 0 Å². The van der Waals surface area contributed by atoms with Gasteiger partial charge in [0, 0.05) is 0 Å². The van der Waals surface area contributed by atoms with E-state index in [4.69, 9.17) is 0 Å². The van der Waals surface area contributed by atoms with Gasteiger partial charge in [0.25, 0.3) is 0 Å². The highest BCUT2D eigenvalue weighted by molar-refractivity contribution is 5.25. The van der Waals surface area contributed by atoms with Crippen LogP contribution in [0, 0.1) is 18.8 Å². The van der Waals surface area contributed by atoms with E-state index in [0.717, 1.165) is 17.8 Å². The summed E-state index contributed by atoms with van der Waals surface area (Å²) < 4.78 is 0. The summed E-state index contributed by atoms with van der Waals surface area (Å²) in [7, 11) is 0. The minimum absolute atomic E-state index is 0.856. The predicted octanol–water partition coefficient (Wildman–Crippen LogP) is 6.10. The van der Waals surface area contributed by atoms with Gasteiger partial charge in [0.2, 0.25) is 0 Å². The first-order chi connectivity index (χ1) is 9.33. The Bertz CT molecular complexity index is 362. The van der Waals surface area contributed by atoms with Gasteiger partial charge in [-0.25, -0.2) is 0 Å². The molecule has 0 amide bonds. The number of aryl methyl sites for hydroxylation is 1. The molecule has 0 radical (unpaired) electrons. The van der Waals surface area contributed by atoms with Gasteiger partial charge >= 0.3 is 0 Å². The maximum atomic E-state index is 2.36. The predicted molar refractivity (Wildman–Crippen MR) is 84.6 cm³/mol. The molecule has 2 fully saturated rings. The van der Waals surface area contributed by atoms with Crippen LogP contribution in [-0.4, -0.2) is 0 Å². The largest absolute Gasteiger partial charge is 0.0683 e. The molecule has 1 aromatic rings. The van der Waals surface area contributed by atoms with E-state index in [-0.39, 0.29) is 0 Å². The summed E-state index contributed by atoms with van der Waals surface area (Å²) in [5.41, 5.74) is 2.99. The van der Waals surface area contributed by atoms with Crippen molar-refractivity contribution in [1.29, 1.82) is 0 Å². The Labute approximate surface area is 119 Å². The second-order valence-corrected chi connectivity index (χ2v) is 6.23. The van der Waals surface area contributed by atoms with Gasteiger partial charge in [-0.1, -0.05) is 69.4 Å². The van der Waals surface area contributed by atoms with Crippen LogP contribution in [0.3, 0.4) is 0 Å². The van der Waals surface area contributed by atoms with Crippen molar-refractivity contribution in [3.05, 3.63) is 35.4 Å². The van der Waals surface area contributed by atoms with E-state index < -0.39 is 0 Å². The average molecular weight is 258 g/mol. The Hall–Kier alpha value is -0.780. The smallest absolute Gasteiger partial charge is 0.0159 e. The summed E-state index contributed by atoms with van der Waals surface area (Å²) in [6.07, 6.45) is 10.4. The Balaban J connectivity index is 0.000000637. The second-order valence-electron chi connectivity index (χ2n) is 6.23. The molecule has 0 heterocycles. The molecule has 3 unspecified atom stereocenters. The maximum absolute atomic E-state index is 2.36. The topological polar surface area (TPSA) is 0 Å². The third-order valence-corrected chi connectivity index (χ3v) is 5.09. The fourth-order valence-electron chi connectivity index (χ4n) is 4.01. The van der Waals surface area contributed by atoms with Gasteiger partial charge in [-0.2, -0.15) is 0 Å². The molecule has 1 aromatic carbocycles. The molecular formula is C19H30. The summed E-state index contributed by atoms with van der Waals surface area (Å²) in [5, 5.41) is 0. The van der Waals surface area contributed by atoms with Crippen LogP contribution >= 0.6 is 0 Å². The summed E-state index contributed by atoms with van der Waals surface area (Å²) in [5.74, 6) is 2.98. The highest BCUT2D eigenvalue weighted by Gasteiger charge is 2.32. The van der Waals surface area contributed by atoms with Crippen LogP contribution in [-0.2, 0) is 0 Å². The van der Waals surface area contributed by atoms with E-state index in [1.54, 1.807) is 5.56 Å². The molecule has 2 saturated carbocycles. The SMILES string of the molecule is CC.Cc1ccc(C2CCC3CCCCC3C2)cc1. The fraction of sp³-hybridized carbons (Fsp3) is 0.684. The molecule has 3 rings (SSSR count). The third-order valence-electron chi connectivity index (χ3n) is 5.09. The van der Waals surface area contributed by atoms with Gasteiger partial charge in [0.15, 0.2) is 0 Å². The van der Waals surface area contributed by atoms with Crippen LogP contribution in [0.5, 0.6) is 0 Å². The normalized spacial score (nSPS) is 29.9. The lowest BCUT2D eigenvalue weighted by molar-refractivity contribution is 0.155. The van der Waals surface area contributed by atoms with Crippen molar-refractivity contribution in [3.8, 4) is 0 Å². The number of hydrogen-bond acceptors (Lipinski definition) is 0. The third kappa shape index (κ3) is 3.61. The van der Waals surface area contributed by atoms with E-state index >= 15 is 0 Å². The highest BCUT2D eigenvalue weighted by atomic mass is 14.4. The number of hydrogen-bond donors (Lipinski definition) is 0. The van der Waals surface area contributed by atoms with Crippen molar-refractivity contribution in [3.63, 3.8) is 0 Å². The van der Waals surface area contributed by atoms with E-state index in [1.165, 1.54) is 50.5 Å². The second kappa shape index (κ2) is 7.12. The van der Waals surface area contributed by atoms with Crippen LogP contribution in [0.1, 0.15) is 75.8 Å². The van der Waals surface area contributed by atoms with Crippen LogP contribution in [0.2, 0.25) is 0 Å². The zero-order chi connectivity index (χ0) is 13.7. The Morgan fingerprint density at radius 1 is 0.789 bits per heavy atom. The zero-order valence-electron chi connectivity index (χ0n) is 13.0. The molecular weight excluding hydrogens is 228 g/mol. The van der Waals surface area contributed by atoms with Crippen molar-refractivity contribution >= 4 is 0 Å². The van der Waals surface area contributed by atoms with Crippen LogP contribution in [0.25, 0.3) is 0 Å². The number of fused-ring (bicyclic) bond motifs is 1. The Kier molecular flexibility index (Phi) is 5.48. The molecule has 19 heavy (non-hydrogen) atoms. The van der Waals surface area contributed by atoms with Gasteiger partial charge in [0.1, 0.15) is 0 Å². The zero-order valence-corrected chi connectivity index (χ0v) is 13.0. The Morgan fingerprint density at radius 3 is 2.11 bits per heavy atom. The molecule has 0 aromatic heterocycles. The van der Waals surface area contributed by atoms with Crippen molar-refractivity contribution in [1.82, 2.24) is 0 Å². The molecule has 0 saturated heterocycles. The molecule has 2 aliphatic rings. The first kappa shape index (κ1) is 14.6. The summed E-state index contributed by atoms with van der Waals surface area (Å²) in [6.45, 7) is 6.18. The van der Waals surface area contributed by atoms with Crippen molar-refractivity contribution < 1.29 is 0 Å². The average Bonchev–Trinajstić information content (AvgIpc) is 2.49. The first-order valence-corrected chi connectivity index (χ1v) is 8.39. The molecule has 2 aliphatic carbocycles. The van der Waals surface area contributed by atoms with Gasteiger partial charge in [-0.3, -0.25) is 0 Å². The van der Waals surface area contributed by atoms with E-state index in [0.29, 0.717) is 0 Å². The number of benzene rings is 1. The van der Waals surface area contributed by atoms with Crippen LogP contribution < -0.4 is 0 Å². The lowest BCUT2D eigenvalue weighted by atomic mass is 9.66. The number of rotatable bonds is 1. The molecule has 0 aliphatic heterocycles. The minimum Gasteiger partial charge on any atom is -0.0683 e. The molecule has 0 heteroatoms. The molecule has 0 bridgehead atoms. The summed E-state index contributed by atoms with van der Waals surface area (Å²) >= 11 is 0. The van der Waals surface area contributed by atoms with Crippen LogP contribution in [0.15, 0.2) is 24.3 Å². The fourth-order valence-corrected chi connectivity index (χ4v) is 4.01. The molecule has 0 N–H and O–H groups in total. The van der Waals surface area contributed by atoms with E-state index in [9.17, 15) is 0 Å². The van der Waals surface area contributed by atoms with Crippen molar-refractivity contribution in [2.45, 2.75) is 71.6 Å². The molecule has 0 spiro atoms. The molecule has 106 valence electrons. The minimum atomic E-state index is 0.856. The highest BCUT2D eigenvalue weighted by Crippen LogP contribution is 2.45. The standard InChI is InChI=1S/C17H24.C2H6/c1-13-6-8-15(9-7-13)17-11-10-14-4-2-3-5-16(14)12-17;1-2/h6-9,14,16-17H,2-5,10-12H2,1H3;1-2H3. The molecule has 0 nitrogen and oxygen atoms in total. The molecule has 3 atom stereocenters. The van der Waals surface area contributed by atoms with Crippen molar-refractivity contribution in [2.24, 2.45) is 11.8 Å². The van der Waals surface area contributed by atoms with Gasteiger partial charge in [0.05, 0.1) is 0 Å². The maximum Gasteiger partial charge on any atom is -0.0159 e. The quantitative estimate of drug-likeness (QED) is 0.571. The monoisotopic (exact) mass is 258 g/mol. The summed E-state index contributed by atoms with van der Waals surface area (Å²) in [6, 6.07) is 9.29. The van der Waals surface area contributed by atoms with E-state index in [2.05, 4.69) is 31.2 Å². The Morgan fingerprint density at radius 2 is 1.42 bits per heavy atom. The summed E-state index contributed by atoms with van der Waals surface area (Å²) in [4.78, 5) is 0. The van der Waals surface area contributed by atoms with Gasteiger partial charge in [-0.05, 0) is 49.5 Å². The van der Waals surface area contributed by atoms with Gasteiger partial charge in [-0.15, -0.1) is 0 Å².